The Balaban J connectivity index is 0.000000172. The molecule has 12 atom stereocenters. The lowest BCUT2D eigenvalue weighted by Gasteiger charge is -2.35. The first-order valence-corrected chi connectivity index (χ1v) is 18.4. The van der Waals surface area contributed by atoms with Crippen molar-refractivity contribution in [1.82, 2.24) is 0 Å². The smallest absolute Gasteiger partial charge is 0.364 e. The van der Waals surface area contributed by atoms with E-state index in [0.717, 1.165) is 34.1 Å². The van der Waals surface area contributed by atoms with Gasteiger partial charge in [0.25, 0.3) is 0 Å². The number of carbonyl (C=O) groups excluding carboxylic acids is 4. The van der Waals surface area contributed by atoms with Crippen LogP contribution in [-0.2, 0) is 41.0 Å². The Bertz CT molecular complexity index is 2000. The summed E-state index contributed by atoms with van der Waals surface area (Å²) in [5.41, 5.74) is -8.97. The van der Waals surface area contributed by atoms with Crippen molar-refractivity contribution in [2.24, 2.45) is 23.7 Å². The zero-order valence-electron chi connectivity index (χ0n) is 29.1. The minimum Gasteiger partial charge on any atom is -0.364 e. The third kappa shape index (κ3) is 5.15. The van der Waals surface area contributed by atoms with E-state index in [1.807, 2.05) is 0 Å². The Morgan fingerprint density at radius 1 is 0.643 bits per heavy atom. The van der Waals surface area contributed by atoms with Crippen LogP contribution in [0.1, 0.15) is 44.4 Å². The molecule has 8 rings (SSSR count). The van der Waals surface area contributed by atoms with Crippen molar-refractivity contribution < 1.29 is 55.0 Å². The summed E-state index contributed by atoms with van der Waals surface area (Å²) in [6.45, 7) is 13.3. The monoisotopic (exact) mass is 864 g/mol. The highest BCUT2D eigenvalue weighted by atomic mass is 35.5. The fourth-order valence-electron chi connectivity index (χ4n) is 9.42. The van der Waals surface area contributed by atoms with Crippen molar-refractivity contribution in [1.29, 1.82) is 5.26 Å². The number of anilines is 2. The van der Waals surface area contributed by atoms with Crippen LogP contribution < -0.4 is 9.80 Å². The minimum atomic E-state index is -4.81. The molecule has 2 aromatic rings. The van der Waals surface area contributed by atoms with Crippen molar-refractivity contribution in [3.05, 3.63) is 64.5 Å². The summed E-state index contributed by atoms with van der Waals surface area (Å²) >= 11 is 25.5. The molecule has 0 radical (unpaired) electrons. The van der Waals surface area contributed by atoms with E-state index in [-0.39, 0.29) is 11.4 Å². The Kier molecular flexibility index (Phi) is 9.00. The van der Waals surface area contributed by atoms with Crippen LogP contribution in [0.15, 0.2) is 36.4 Å². The van der Waals surface area contributed by atoms with Crippen LogP contribution in [0.25, 0.3) is 4.85 Å². The first-order chi connectivity index (χ1) is 25.7. The number of hydrogen-bond donors (Lipinski definition) is 0. The Morgan fingerprint density at radius 2 is 0.964 bits per heavy atom. The van der Waals surface area contributed by atoms with Gasteiger partial charge in [-0.15, -0.1) is 46.4 Å². The number of carbonyl (C=O) groups is 4. The topological polar surface area (TPSA) is 121 Å². The Morgan fingerprint density at radius 3 is 1.27 bits per heavy atom. The number of fused-ring (bicyclic) bond motifs is 10. The van der Waals surface area contributed by atoms with E-state index in [2.05, 4.69) is 4.85 Å². The molecule has 6 heterocycles. The molecule has 6 fully saturated rings. The zero-order chi connectivity index (χ0) is 41.6. The number of benzene rings is 2. The van der Waals surface area contributed by atoms with Crippen LogP contribution >= 0.6 is 46.4 Å². The van der Waals surface area contributed by atoms with E-state index in [1.165, 1.54) is 6.07 Å². The van der Waals surface area contributed by atoms with E-state index in [1.54, 1.807) is 27.7 Å². The van der Waals surface area contributed by atoms with Crippen molar-refractivity contribution in [3.63, 3.8) is 0 Å². The number of hydrogen-bond acceptors (Lipinski definition) is 7. The van der Waals surface area contributed by atoms with E-state index in [0.29, 0.717) is 12.1 Å². The molecule has 20 heteroatoms. The average molecular weight is 866 g/mol. The maximum absolute atomic E-state index is 13.3. The Labute approximate surface area is 334 Å². The van der Waals surface area contributed by atoms with E-state index >= 15 is 0 Å². The molecule has 0 aliphatic carbocycles. The third-order valence-electron chi connectivity index (χ3n) is 12.0. The summed E-state index contributed by atoms with van der Waals surface area (Å²) in [6, 6.07) is 6.94. The molecular weight excluding hydrogens is 840 g/mol. The number of nitrogens with zero attached hydrogens (tertiary/aromatic N) is 4. The molecule has 296 valence electrons. The van der Waals surface area contributed by atoms with Gasteiger partial charge in [0.1, 0.15) is 0 Å². The highest BCUT2D eigenvalue weighted by Gasteiger charge is 2.80. The molecule has 4 amide bonds. The Hall–Kier alpha value is -3.64. The molecule has 0 spiro atoms. The first kappa shape index (κ1) is 40.6. The van der Waals surface area contributed by atoms with E-state index in [9.17, 15) is 45.5 Å². The van der Waals surface area contributed by atoms with Crippen molar-refractivity contribution in [2.45, 2.75) is 84.0 Å². The van der Waals surface area contributed by atoms with Crippen LogP contribution in [0.4, 0.5) is 43.4 Å². The van der Waals surface area contributed by atoms with Gasteiger partial charge in [-0.05, 0) is 58.0 Å². The largest absolute Gasteiger partial charge is 0.417 e. The number of amides is 4. The molecular formula is C36H26Cl4F6N4O6. The maximum atomic E-state index is 13.3. The molecule has 10 nitrogen and oxygen atoms in total. The van der Waals surface area contributed by atoms with Crippen LogP contribution in [0.3, 0.4) is 0 Å². The first-order valence-electron chi connectivity index (χ1n) is 16.7. The molecule has 6 aliphatic rings. The fraction of sp³-hybridized carbons (Fsp3) is 0.500. The van der Waals surface area contributed by atoms with Crippen LogP contribution in [-0.4, -0.2) is 67.5 Å². The second-order valence-corrected chi connectivity index (χ2v) is 17.0. The quantitative estimate of drug-likeness (QED) is 0.132. The van der Waals surface area contributed by atoms with E-state index in [4.69, 9.17) is 67.7 Å². The van der Waals surface area contributed by atoms with Gasteiger partial charge in [0.2, 0.25) is 23.6 Å². The minimum absolute atomic E-state index is 0.243. The van der Waals surface area contributed by atoms with Gasteiger partial charge in [0.05, 0.1) is 103 Å². The number of imide groups is 2. The predicted molar refractivity (Wildman–Crippen MR) is 187 cm³/mol. The van der Waals surface area contributed by atoms with Crippen LogP contribution in [0.5, 0.6) is 0 Å². The number of ether oxygens (including phenoxy) is 2. The second kappa shape index (κ2) is 12.4. The van der Waals surface area contributed by atoms with Gasteiger partial charge in [0, 0.05) is 5.69 Å². The molecule has 6 saturated heterocycles. The molecule has 0 aromatic heterocycles. The molecule has 56 heavy (non-hydrogen) atoms. The molecule has 4 bridgehead atoms. The van der Waals surface area contributed by atoms with Crippen LogP contribution in [0.2, 0.25) is 0 Å². The lowest BCUT2D eigenvalue weighted by molar-refractivity contribution is -0.138. The highest BCUT2D eigenvalue weighted by molar-refractivity contribution is 6.35. The zero-order valence-corrected chi connectivity index (χ0v) is 32.1. The third-order valence-corrected chi connectivity index (χ3v) is 15.0. The summed E-state index contributed by atoms with van der Waals surface area (Å²) < 4.78 is 91.6. The molecule has 6 aliphatic heterocycles. The summed E-state index contributed by atoms with van der Waals surface area (Å²) in [7, 11) is 0. The van der Waals surface area contributed by atoms with Gasteiger partial charge in [-0.2, -0.15) is 31.6 Å². The van der Waals surface area contributed by atoms with Crippen LogP contribution in [0, 0.1) is 41.6 Å². The number of nitriles is 1. The van der Waals surface area contributed by atoms with Gasteiger partial charge < -0.3 is 9.47 Å². The lowest BCUT2D eigenvalue weighted by atomic mass is 9.68. The van der Waals surface area contributed by atoms with Gasteiger partial charge >= 0.3 is 12.4 Å². The van der Waals surface area contributed by atoms with Gasteiger partial charge in [-0.3, -0.25) is 19.2 Å². The SMILES string of the molecule is CC12OC(C)([C@H](Cl)[C@H]1Cl)[C@H]1C(=O)N(c3ccc(C#N)c(C(F)(F)F)c3)C(=O)[C@H]12.[C-]#[N+]c1ccc(N2C(=O)[C@@H]3[C@H](C2=O)C2(C)OC3(C)[C@@H](Cl)[C@@H]2Cl)cc1C(F)(F)F. The summed E-state index contributed by atoms with van der Waals surface area (Å²) in [5.74, 6) is -6.53. The van der Waals surface area contributed by atoms with Crippen molar-refractivity contribution >= 4 is 87.1 Å². The number of rotatable bonds is 2. The molecule has 2 aromatic carbocycles. The average Bonchev–Trinajstić information content (AvgIpc) is 3.83. The summed E-state index contributed by atoms with van der Waals surface area (Å²) in [5, 5.41) is 5.95. The number of halogens is 10. The van der Waals surface area contributed by atoms with Crippen molar-refractivity contribution in [2.75, 3.05) is 9.80 Å². The summed E-state index contributed by atoms with van der Waals surface area (Å²) in [4.78, 5) is 56.6. The summed E-state index contributed by atoms with van der Waals surface area (Å²) in [6.07, 6.45) is -9.62. The van der Waals surface area contributed by atoms with Gasteiger partial charge in [-0.25, -0.2) is 14.6 Å². The standard InChI is InChI=1S/2C18H13Cl2F3N2O3/c1-16-10-11(17(2,28-16)13(20)12(16)19)15(27)25(14(10)26)7-4-5-9(24-3)8(6-7)18(21,22)23;1-16-10-11(17(2,28-16)13(20)12(16)19)15(27)25(14(10)26)8-4-3-7(6-24)9(5-8)18(21,22)23/h4-6,10-13H,1-2H3;3-5,10-13H,1-2H3/t2*10-,11+,12-,13-,16?,17?/m01/s1. The second-order valence-electron chi connectivity index (χ2n) is 15.1. The predicted octanol–water partition coefficient (Wildman–Crippen LogP) is 7.60. The lowest BCUT2D eigenvalue weighted by Crippen LogP contribution is -2.53. The van der Waals surface area contributed by atoms with Crippen molar-refractivity contribution in [3.8, 4) is 6.07 Å². The molecule has 4 unspecified atom stereocenters. The van der Waals surface area contributed by atoms with Gasteiger partial charge in [0.15, 0.2) is 5.69 Å². The van der Waals surface area contributed by atoms with Gasteiger partial charge in [-0.1, -0.05) is 6.07 Å². The normalized spacial score (nSPS) is 39.4. The van der Waals surface area contributed by atoms with E-state index < -0.39 is 126 Å². The molecule has 0 N–H and O–H groups in total. The fourth-order valence-corrected chi connectivity index (χ4v) is 11.1. The highest BCUT2D eigenvalue weighted by Crippen LogP contribution is 2.65. The maximum Gasteiger partial charge on any atom is 0.417 e. The number of alkyl halides is 10. The molecule has 0 saturated carbocycles.